The van der Waals surface area contributed by atoms with Crippen molar-refractivity contribution in [3.63, 3.8) is 0 Å². The zero-order valence-electron chi connectivity index (χ0n) is 13.9. The van der Waals surface area contributed by atoms with E-state index in [1.807, 2.05) is 0 Å². The quantitative estimate of drug-likeness (QED) is 0.853. The number of piperidine rings is 1. The number of nitrogens with zero attached hydrogens (tertiary/aromatic N) is 1. The van der Waals surface area contributed by atoms with E-state index in [1.54, 1.807) is 17.5 Å². The Balaban J connectivity index is 1.78. The van der Waals surface area contributed by atoms with Crippen LogP contribution >= 0.6 is 11.3 Å². The maximum Gasteiger partial charge on any atom is 0.250 e. The molecule has 1 unspecified atom stereocenters. The van der Waals surface area contributed by atoms with Crippen LogP contribution in [0.25, 0.3) is 0 Å². The van der Waals surface area contributed by atoms with Crippen LogP contribution in [0.15, 0.2) is 46.0 Å². The molecule has 1 aliphatic heterocycles. The maximum atomic E-state index is 12.4. The van der Waals surface area contributed by atoms with Crippen molar-refractivity contribution in [1.82, 2.24) is 9.62 Å². The van der Waals surface area contributed by atoms with Gasteiger partial charge in [0.05, 0.1) is 0 Å². The Morgan fingerprint density at radius 3 is 2.46 bits per heavy atom. The van der Waals surface area contributed by atoms with Gasteiger partial charge < -0.3 is 0 Å². The van der Waals surface area contributed by atoms with Gasteiger partial charge in [-0.2, -0.15) is 0 Å². The first kappa shape index (κ1) is 17.6. The van der Waals surface area contributed by atoms with E-state index >= 15 is 0 Å². The van der Waals surface area contributed by atoms with Crippen molar-refractivity contribution in [3.8, 4) is 0 Å². The number of aryl methyl sites for hydroxylation is 1. The fourth-order valence-electron chi connectivity index (χ4n) is 3.15. The molecule has 0 bridgehead atoms. The van der Waals surface area contributed by atoms with E-state index in [0.29, 0.717) is 10.8 Å². The van der Waals surface area contributed by atoms with Crippen molar-refractivity contribution >= 4 is 21.4 Å². The van der Waals surface area contributed by atoms with Crippen LogP contribution < -0.4 is 4.72 Å². The lowest BCUT2D eigenvalue weighted by Crippen LogP contribution is -2.40. The van der Waals surface area contributed by atoms with Gasteiger partial charge in [0.15, 0.2) is 0 Å². The van der Waals surface area contributed by atoms with Crippen LogP contribution in [0, 0.1) is 6.92 Å². The lowest BCUT2D eigenvalue weighted by Gasteiger charge is -2.35. The first-order valence-corrected chi connectivity index (χ1v) is 10.8. The van der Waals surface area contributed by atoms with Gasteiger partial charge >= 0.3 is 0 Å². The zero-order valence-corrected chi connectivity index (χ0v) is 15.6. The van der Waals surface area contributed by atoms with Crippen molar-refractivity contribution in [2.75, 3.05) is 19.6 Å². The molecule has 1 aromatic heterocycles. The summed E-state index contributed by atoms with van der Waals surface area (Å²) in [5.74, 6) is 0. The van der Waals surface area contributed by atoms with Crippen molar-refractivity contribution in [3.05, 3.63) is 52.9 Å². The molecule has 0 radical (unpaired) electrons. The summed E-state index contributed by atoms with van der Waals surface area (Å²) in [5.41, 5.74) is 2.40. The Morgan fingerprint density at radius 1 is 1.12 bits per heavy atom. The minimum absolute atomic E-state index is 0.0839. The van der Waals surface area contributed by atoms with Crippen LogP contribution in [0.3, 0.4) is 0 Å². The summed E-state index contributed by atoms with van der Waals surface area (Å²) in [4.78, 5) is 2.41. The van der Waals surface area contributed by atoms with E-state index < -0.39 is 10.0 Å². The van der Waals surface area contributed by atoms with Gasteiger partial charge in [-0.1, -0.05) is 42.3 Å². The van der Waals surface area contributed by atoms with Crippen LogP contribution in [0.1, 0.15) is 36.4 Å². The SMILES string of the molecule is Cc1ccc(C(CNS(=O)(=O)c2cccs2)N2CCCCC2)cc1. The molecule has 1 saturated heterocycles. The molecule has 6 heteroatoms. The molecule has 0 saturated carbocycles. The highest BCUT2D eigenvalue weighted by molar-refractivity contribution is 7.91. The summed E-state index contributed by atoms with van der Waals surface area (Å²) in [5, 5.41) is 1.79. The van der Waals surface area contributed by atoms with Crippen LogP contribution in [0.2, 0.25) is 0 Å². The molecular formula is C18H24N2O2S2. The Kier molecular flexibility index (Phi) is 5.71. The molecule has 1 atom stereocenters. The van der Waals surface area contributed by atoms with E-state index in [-0.39, 0.29) is 6.04 Å². The smallest absolute Gasteiger partial charge is 0.250 e. The normalized spacial score (nSPS) is 17.7. The molecule has 4 nitrogen and oxygen atoms in total. The highest BCUT2D eigenvalue weighted by Gasteiger charge is 2.25. The predicted octanol–water partition coefficient (Wildman–Crippen LogP) is 3.56. The van der Waals surface area contributed by atoms with Crippen LogP contribution in [0.4, 0.5) is 0 Å². The Hall–Kier alpha value is -1.21. The number of hydrogen-bond donors (Lipinski definition) is 1. The van der Waals surface area contributed by atoms with Crippen molar-refractivity contribution in [2.45, 2.75) is 36.4 Å². The summed E-state index contributed by atoms with van der Waals surface area (Å²) >= 11 is 1.25. The fraction of sp³-hybridized carbons (Fsp3) is 0.444. The molecule has 1 aliphatic rings. The topological polar surface area (TPSA) is 49.4 Å². The van der Waals surface area contributed by atoms with E-state index in [1.165, 1.54) is 41.7 Å². The molecule has 1 N–H and O–H groups in total. The second-order valence-electron chi connectivity index (χ2n) is 6.31. The number of sulfonamides is 1. The van der Waals surface area contributed by atoms with E-state index in [9.17, 15) is 8.42 Å². The lowest BCUT2D eigenvalue weighted by molar-refractivity contribution is 0.164. The van der Waals surface area contributed by atoms with Crippen molar-refractivity contribution < 1.29 is 8.42 Å². The summed E-state index contributed by atoms with van der Waals surface area (Å²) in [7, 11) is -3.42. The number of benzene rings is 1. The maximum absolute atomic E-state index is 12.4. The molecule has 0 spiro atoms. The third-order valence-corrected chi connectivity index (χ3v) is 7.34. The molecule has 2 heterocycles. The Morgan fingerprint density at radius 2 is 1.83 bits per heavy atom. The predicted molar refractivity (Wildman–Crippen MR) is 98.9 cm³/mol. The largest absolute Gasteiger partial charge is 0.295 e. The average Bonchev–Trinajstić information content (AvgIpc) is 3.13. The van der Waals surface area contributed by atoms with Gasteiger partial charge in [-0.05, 0) is 49.9 Å². The highest BCUT2D eigenvalue weighted by Crippen LogP contribution is 2.25. The fourth-order valence-corrected chi connectivity index (χ4v) is 5.23. The summed E-state index contributed by atoms with van der Waals surface area (Å²) in [6, 6.07) is 11.9. The van der Waals surface area contributed by atoms with Gasteiger partial charge in [0.25, 0.3) is 0 Å². The standard InChI is InChI=1S/C18H24N2O2S2/c1-15-7-9-16(10-8-15)17(20-11-3-2-4-12-20)14-19-24(21,22)18-6-5-13-23-18/h5-10,13,17,19H,2-4,11-12,14H2,1H3. The zero-order chi connectivity index (χ0) is 17.0. The third-order valence-electron chi connectivity index (χ3n) is 4.52. The minimum Gasteiger partial charge on any atom is -0.295 e. The number of thiophene rings is 1. The van der Waals surface area contributed by atoms with Crippen LogP contribution in [0.5, 0.6) is 0 Å². The van der Waals surface area contributed by atoms with Gasteiger partial charge in [-0.25, -0.2) is 13.1 Å². The van der Waals surface area contributed by atoms with Crippen LogP contribution in [-0.4, -0.2) is 33.0 Å². The number of hydrogen-bond acceptors (Lipinski definition) is 4. The van der Waals surface area contributed by atoms with E-state index in [2.05, 4.69) is 40.8 Å². The second kappa shape index (κ2) is 7.78. The molecule has 2 aromatic rings. The monoisotopic (exact) mass is 364 g/mol. The van der Waals surface area contributed by atoms with Gasteiger partial charge in [0, 0.05) is 12.6 Å². The minimum atomic E-state index is -3.42. The van der Waals surface area contributed by atoms with E-state index in [4.69, 9.17) is 0 Å². The van der Waals surface area contributed by atoms with E-state index in [0.717, 1.165) is 13.1 Å². The van der Waals surface area contributed by atoms with Gasteiger partial charge in [-0.3, -0.25) is 4.90 Å². The van der Waals surface area contributed by atoms with Crippen molar-refractivity contribution in [2.24, 2.45) is 0 Å². The lowest BCUT2D eigenvalue weighted by atomic mass is 10.0. The molecule has 130 valence electrons. The summed E-state index contributed by atoms with van der Waals surface area (Å²) < 4.78 is 28.1. The van der Waals surface area contributed by atoms with Gasteiger partial charge in [-0.15, -0.1) is 11.3 Å². The average molecular weight is 365 g/mol. The molecule has 1 fully saturated rings. The van der Waals surface area contributed by atoms with Gasteiger partial charge in [0.2, 0.25) is 10.0 Å². The Labute approximate surface area is 148 Å². The van der Waals surface area contributed by atoms with Crippen LogP contribution in [-0.2, 0) is 10.0 Å². The Bertz CT molecular complexity index is 734. The molecule has 0 amide bonds. The molecule has 24 heavy (non-hydrogen) atoms. The highest BCUT2D eigenvalue weighted by atomic mass is 32.2. The molecule has 1 aromatic carbocycles. The van der Waals surface area contributed by atoms with Crippen molar-refractivity contribution in [1.29, 1.82) is 0 Å². The van der Waals surface area contributed by atoms with Gasteiger partial charge in [0.1, 0.15) is 4.21 Å². The number of likely N-dealkylation sites (tertiary alicyclic amines) is 1. The number of nitrogens with one attached hydrogen (secondary N) is 1. The molecule has 3 rings (SSSR count). The molecule has 0 aliphatic carbocycles. The first-order valence-electron chi connectivity index (χ1n) is 8.40. The summed E-state index contributed by atoms with van der Waals surface area (Å²) in [6.07, 6.45) is 3.62. The summed E-state index contributed by atoms with van der Waals surface area (Å²) in [6.45, 7) is 4.53. The third kappa shape index (κ3) is 4.25. The number of rotatable bonds is 6. The first-order chi connectivity index (χ1) is 11.6. The second-order valence-corrected chi connectivity index (χ2v) is 9.25. The molecular weight excluding hydrogens is 340 g/mol.